The number of thioether (sulfide) groups is 1. The van der Waals surface area contributed by atoms with Crippen LogP contribution in [0.2, 0.25) is 18.1 Å². The van der Waals surface area contributed by atoms with Crippen LogP contribution in [0.3, 0.4) is 0 Å². The highest BCUT2D eigenvalue weighted by atomic mass is 32.2. The number of nitrogens with zero attached hydrogens (tertiary/aromatic N) is 1. The molecule has 0 N–H and O–H groups in total. The van der Waals surface area contributed by atoms with Crippen LogP contribution in [0.25, 0.3) is 0 Å². The first-order valence-electron chi connectivity index (χ1n) is 13.8. The zero-order valence-electron chi connectivity index (χ0n) is 25.2. The second-order valence-electron chi connectivity index (χ2n) is 11.7. The molecule has 0 aromatic heterocycles. The van der Waals surface area contributed by atoms with Gasteiger partial charge in [0, 0.05) is 18.6 Å². The molecule has 0 radical (unpaired) electrons. The van der Waals surface area contributed by atoms with Gasteiger partial charge in [-0.05, 0) is 30.0 Å². The number of benzene rings is 2. The van der Waals surface area contributed by atoms with E-state index in [-0.39, 0.29) is 35.9 Å². The van der Waals surface area contributed by atoms with E-state index >= 15 is 0 Å². The summed E-state index contributed by atoms with van der Waals surface area (Å²) in [6.45, 7) is 11.9. The molecule has 3 rings (SSSR count). The maximum Gasteiger partial charge on any atom is 0.310 e. The summed E-state index contributed by atoms with van der Waals surface area (Å²) < 4.78 is 31.1. The molecule has 1 aliphatic heterocycles. The van der Waals surface area contributed by atoms with Crippen LogP contribution in [0, 0.1) is 10.1 Å². The minimum Gasteiger partial charge on any atom is -0.463 e. The molecule has 1 saturated heterocycles. The van der Waals surface area contributed by atoms with E-state index in [1.165, 1.54) is 36.9 Å². The number of esters is 2. The summed E-state index contributed by atoms with van der Waals surface area (Å²) in [5, 5.41) is 11.3. The number of hydrogen-bond donors (Lipinski definition) is 0. The van der Waals surface area contributed by atoms with Crippen molar-refractivity contribution in [3.63, 3.8) is 0 Å². The summed E-state index contributed by atoms with van der Waals surface area (Å²) in [7, 11) is -2.36. The second-order valence-corrected chi connectivity index (χ2v) is 17.4. The van der Waals surface area contributed by atoms with Crippen LogP contribution in [0.1, 0.15) is 38.8 Å². The highest BCUT2D eigenvalue weighted by Crippen LogP contribution is 2.42. The summed E-state index contributed by atoms with van der Waals surface area (Å²) in [4.78, 5) is 36.1. The molecular formula is C30H41NO9SSi. The van der Waals surface area contributed by atoms with Crippen molar-refractivity contribution < 1.29 is 37.9 Å². The smallest absolute Gasteiger partial charge is 0.310 e. The van der Waals surface area contributed by atoms with Crippen molar-refractivity contribution in [2.24, 2.45) is 0 Å². The Morgan fingerprint density at radius 2 is 1.67 bits per heavy atom. The second kappa shape index (κ2) is 14.6. The highest BCUT2D eigenvalue weighted by molar-refractivity contribution is 7.99. The molecule has 42 heavy (non-hydrogen) atoms. The lowest BCUT2D eigenvalue weighted by molar-refractivity contribution is -0.385. The van der Waals surface area contributed by atoms with E-state index in [9.17, 15) is 19.7 Å². The molecule has 5 atom stereocenters. The van der Waals surface area contributed by atoms with Gasteiger partial charge in [-0.25, -0.2) is 0 Å². The Bertz CT molecular complexity index is 1220. The van der Waals surface area contributed by atoms with Gasteiger partial charge in [-0.2, -0.15) is 0 Å². The lowest BCUT2D eigenvalue weighted by Gasteiger charge is -2.49. The minimum absolute atomic E-state index is 0.121. The number of para-hydroxylation sites is 1. The van der Waals surface area contributed by atoms with Crippen molar-refractivity contribution in [2.75, 3.05) is 12.9 Å². The number of carbonyl (C=O) groups is 2. The lowest BCUT2D eigenvalue weighted by atomic mass is 9.99. The summed E-state index contributed by atoms with van der Waals surface area (Å²) in [6, 6.07) is 15.6. The first-order valence-corrected chi connectivity index (χ1v) is 18.0. The van der Waals surface area contributed by atoms with E-state index in [0.29, 0.717) is 0 Å². The number of carbonyl (C=O) groups excluding carboxylic acids is 2. The van der Waals surface area contributed by atoms with Crippen LogP contribution < -0.4 is 0 Å². The third kappa shape index (κ3) is 8.87. The summed E-state index contributed by atoms with van der Waals surface area (Å²) in [5.41, 5.74) is 0.450. The fourth-order valence-electron chi connectivity index (χ4n) is 4.36. The van der Waals surface area contributed by atoms with Gasteiger partial charge < -0.3 is 23.4 Å². The Labute approximate surface area is 252 Å². The monoisotopic (exact) mass is 619 g/mol. The first kappa shape index (κ1) is 33.7. The Morgan fingerprint density at radius 1 is 1.02 bits per heavy atom. The predicted molar refractivity (Wildman–Crippen MR) is 163 cm³/mol. The van der Waals surface area contributed by atoms with Gasteiger partial charge in [0.2, 0.25) is 0 Å². The SMILES string of the molecule is CS[C@H]1O[C@H](COC(=O)Cc2ccccc2[N+](=O)[O-])[C@@H](OCc2ccccc2)[C@H](OC(C)=O)[C@H]1O[Si](C)(C)C(C)(C)C. The van der Waals surface area contributed by atoms with Gasteiger partial charge in [0.15, 0.2) is 14.4 Å². The molecule has 1 aliphatic rings. The van der Waals surface area contributed by atoms with Gasteiger partial charge in [-0.3, -0.25) is 19.7 Å². The van der Waals surface area contributed by atoms with Gasteiger partial charge in [-0.15, -0.1) is 11.8 Å². The average Bonchev–Trinajstić information content (AvgIpc) is 2.92. The zero-order chi connectivity index (χ0) is 31.1. The maximum atomic E-state index is 12.8. The Kier molecular flexibility index (Phi) is 11.7. The summed E-state index contributed by atoms with van der Waals surface area (Å²) in [6.07, 6.45) is -1.51. The number of rotatable bonds is 12. The van der Waals surface area contributed by atoms with Crippen LogP contribution >= 0.6 is 11.8 Å². The zero-order valence-corrected chi connectivity index (χ0v) is 27.1. The molecule has 2 aromatic rings. The molecule has 1 heterocycles. The first-order chi connectivity index (χ1) is 19.7. The molecule has 10 nitrogen and oxygen atoms in total. The average molecular weight is 620 g/mol. The molecule has 0 unspecified atom stereocenters. The van der Waals surface area contributed by atoms with E-state index in [2.05, 4.69) is 33.9 Å². The van der Waals surface area contributed by atoms with E-state index in [1.807, 2.05) is 36.6 Å². The maximum absolute atomic E-state index is 12.8. The third-order valence-corrected chi connectivity index (χ3v) is 12.9. The normalized spacial score (nSPS) is 22.8. The van der Waals surface area contributed by atoms with E-state index in [4.69, 9.17) is 23.4 Å². The molecule has 2 aromatic carbocycles. The molecule has 230 valence electrons. The van der Waals surface area contributed by atoms with Gasteiger partial charge in [-0.1, -0.05) is 69.3 Å². The molecular weight excluding hydrogens is 578 g/mol. The molecule has 1 fully saturated rings. The summed E-state index contributed by atoms with van der Waals surface area (Å²) >= 11 is 1.41. The Balaban J connectivity index is 1.89. The fraction of sp³-hybridized carbons (Fsp3) is 0.533. The number of hydrogen-bond acceptors (Lipinski definition) is 10. The molecule has 0 aliphatic carbocycles. The van der Waals surface area contributed by atoms with E-state index < -0.39 is 55.0 Å². The standard InChI is InChI=1S/C30H41NO9SSi/c1-20(32)38-27-26(37-18-21-13-9-8-10-14-21)24(39-29(41-5)28(27)40-42(6,7)30(2,3)4)19-36-25(33)17-22-15-11-12-16-23(22)31(34)35/h8-16,24,26-29H,17-19H2,1-7H3/t24-,26-,27+,28-,29-/m1/s1. The molecule has 0 spiro atoms. The topological polar surface area (TPSA) is 123 Å². The quantitative estimate of drug-likeness (QED) is 0.127. The molecule has 0 saturated carbocycles. The van der Waals surface area contributed by atoms with Crippen molar-refractivity contribution in [1.29, 1.82) is 0 Å². The van der Waals surface area contributed by atoms with E-state index in [0.717, 1.165) is 5.56 Å². The van der Waals surface area contributed by atoms with Crippen molar-refractivity contribution in [2.45, 2.75) is 88.7 Å². The number of ether oxygens (including phenoxy) is 4. The van der Waals surface area contributed by atoms with Gasteiger partial charge in [0.05, 0.1) is 18.0 Å². The van der Waals surface area contributed by atoms with Gasteiger partial charge >= 0.3 is 11.9 Å². The largest absolute Gasteiger partial charge is 0.463 e. The van der Waals surface area contributed by atoms with Crippen LogP contribution in [0.15, 0.2) is 54.6 Å². The fourth-order valence-corrected chi connectivity index (χ4v) is 6.48. The van der Waals surface area contributed by atoms with Crippen LogP contribution in [0.4, 0.5) is 5.69 Å². The number of nitro benzene ring substituents is 1. The van der Waals surface area contributed by atoms with Gasteiger partial charge in [0.25, 0.3) is 5.69 Å². The number of nitro groups is 1. The summed E-state index contributed by atoms with van der Waals surface area (Å²) in [5.74, 6) is -1.15. The Hall–Kier alpha value is -2.77. The van der Waals surface area contributed by atoms with Crippen molar-refractivity contribution >= 4 is 37.7 Å². The van der Waals surface area contributed by atoms with Crippen molar-refractivity contribution in [1.82, 2.24) is 0 Å². The van der Waals surface area contributed by atoms with E-state index in [1.54, 1.807) is 6.07 Å². The lowest BCUT2D eigenvalue weighted by Crippen LogP contribution is -2.63. The van der Waals surface area contributed by atoms with Crippen molar-refractivity contribution in [3.05, 3.63) is 75.8 Å². The molecule has 12 heteroatoms. The van der Waals surface area contributed by atoms with Crippen molar-refractivity contribution in [3.8, 4) is 0 Å². The molecule has 0 amide bonds. The highest BCUT2D eigenvalue weighted by Gasteiger charge is 2.53. The van der Waals surface area contributed by atoms with Crippen LogP contribution in [0.5, 0.6) is 0 Å². The molecule has 0 bridgehead atoms. The van der Waals surface area contributed by atoms with Crippen LogP contribution in [-0.4, -0.2) is 67.9 Å². The predicted octanol–water partition coefficient (Wildman–Crippen LogP) is 5.68. The van der Waals surface area contributed by atoms with Crippen LogP contribution in [-0.2, 0) is 46.0 Å². The van der Waals surface area contributed by atoms with Gasteiger partial charge in [0.1, 0.15) is 30.4 Å². The Morgan fingerprint density at radius 3 is 2.26 bits per heavy atom. The minimum atomic E-state index is -2.36. The third-order valence-electron chi connectivity index (χ3n) is 7.58.